The third-order valence-corrected chi connectivity index (χ3v) is 7.86. The number of amides is 1. The summed E-state index contributed by atoms with van der Waals surface area (Å²) in [7, 11) is -4.33. The number of carbonyl (C=O) groups is 1. The first-order valence-corrected chi connectivity index (χ1v) is 18.3. The zero-order chi connectivity index (χ0) is 31.9. The summed E-state index contributed by atoms with van der Waals surface area (Å²) in [5.74, 6) is -0.225. The maximum atomic E-state index is 12.6. The highest BCUT2D eigenvalue weighted by Crippen LogP contribution is 2.43. The van der Waals surface area contributed by atoms with Gasteiger partial charge in [0.2, 0.25) is 5.91 Å². The molecule has 5 N–H and O–H groups in total. The van der Waals surface area contributed by atoms with Crippen LogP contribution >= 0.6 is 7.82 Å². The number of phosphoric acid groups is 1. The van der Waals surface area contributed by atoms with Crippen LogP contribution in [0.5, 0.6) is 0 Å². The van der Waals surface area contributed by atoms with Gasteiger partial charge in [0.1, 0.15) is 0 Å². The summed E-state index contributed by atoms with van der Waals surface area (Å²) in [5.41, 5.74) is 5.32. The second-order valence-electron chi connectivity index (χ2n) is 11.0. The molecule has 0 spiro atoms. The SMILES string of the molecule is CCCC/C=C/CC/C=C/C(O)C(COP(=O)(O)OCCN)NC(=O)CCCCCCC/C=C\C/C=C\CCCCCC. The van der Waals surface area contributed by atoms with Crippen LogP contribution in [-0.2, 0) is 18.4 Å². The molecule has 0 radical (unpaired) electrons. The number of allylic oxidation sites excluding steroid dienone is 7. The molecular weight excluding hydrogens is 563 g/mol. The molecule has 1 amide bonds. The molecule has 0 saturated carbocycles. The van der Waals surface area contributed by atoms with Crippen molar-refractivity contribution in [3.05, 3.63) is 48.6 Å². The number of rotatable bonds is 30. The summed E-state index contributed by atoms with van der Waals surface area (Å²) >= 11 is 0. The zero-order valence-electron chi connectivity index (χ0n) is 27.2. The Labute approximate surface area is 262 Å². The van der Waals surface area contributed by atoms with Crippen molar-refractivity contribution in [1.29, 1.82) is 0 Å². The van der Waals surface area contributed by atoms with Gasteiger partial charge < -0.3 is 21.1 Å². The van der Waals surface area contributed by atoms with Crippen molar-refractivity contribution < 1.29 is 28.4 Å². The molecule has 0 fully saturated rings. The van der Waals surface area contributed by atoms with Crippen molar-refractivity contribution in [2.24, 2.45) is 5.73 Å². The molecule has 8 nitrogen and oxygen atoms in total. The van der Waals surface area contributed by atoms with Crippen molar-refractivity contribution >= 4 is 13.7 Å². The first kappa shape index (κ1) is 41.5. The monoisotopic (exact) mass is 626 g/mol. The molecule has 3 unspecified atom stereocenters. The lowest BCUT2D eigenvalue weighted by Gasteiger charge is -2.23. The van der Waals surface area contributed by atoms with Crippen LogP contribution in [0.3, 0.4) is 0 Å². The topological polar surface area (TPSA) is 131 Å². The first-order valence-electron chi connectivity index (χ1n) is 16.8. The zero-order valence-corrected chi connectivity index (χ0v) is 28.1. The molecule has 0 aliphatic heterocycles. The second-order valence-corrected chi connectivity index (χ2v) is 12.5. The molecule has 0 bridgehead atoms. The molecule has 0 saturated heterocycles. The van der Waals surface area contributed by atoms with Gasteiger partial charge in [0.15, 0.2) is 0 Å². The Morgan fingerprint density at radius 2 is 1.33 bits per heavy atom. The van der Waals surface area contributed by atoms with E-state index in [0.29, 0.717) is 6.42 Å². The van der Waals surface area contributed by atoms with Crippen LogP contribution in [0.25, 0.3) is 0 Å². The molecule has 0 aromatic rings. The predicted molar refractivity (Wildman–Crippen MR) is 180 cm³/mol. The Balaban J connectivity index is 4.37. The number of unbranched alkanes of at least 4 members (excludes halogenated alkanes) is 12. The Hall–Kier alpha value is -1.54. The highest BCUT2D eigenvalue weighted by Gasteiger charge is 2.26. The van der Waals surface area contributed by atoms with E-state index in [1.807, 2.05) is 6.08 Å². The normalized spacial score (nSPS) is 15.2. The van der Waals surface area contributed by atoms with Gasteiger partial charge >= 0.3 is 7.82 Å². The molecule has 0 aromatic carbocycles. The maximum absolute atomic E-state index is 12.6. The van der Waals surface area contributed by atoms with Crippen LogP contribution in [0.2, 0.25) is 0 Å². The average Bonchev–Trinajstić information content (AvgIpc) is 2.99. The number of hydrogen-bond acceptors (Lipinski definition) is 6. The van der Waals surface area contributed by atoms with Crippen LogP contribution in [0.4, 0.5) is 0 Å². The number of aliphatic hydroxyl groups is 1. The van der Waals surface area contributed by atoms with Crippen LogP contribution in [0.1, 0.15) is 129 Å². The molecule has 0 heterocycles. The highest BCUT2D eigenvalue weighted by atomic mass is 31.2. The fourth-order valence-electron chi connectivity index (χ4n) is 4.28. The van der Waals surface area contributed by atoms with E-state index in [9.17, 15) is 19.4 Å². The molecule has 250 valence electrons. The maximum Gasteiger partial charge on any atom is 0.472 e. The van der Waals surface area contributed by atoms with Gasteiger partial charge in [-0.3, -0.25) is 13.8 Å². The van der Waals surface area contributed by atoms with Crippen LogP contribution < -0.4 is 11.1 Å². The number of nitrogens with two attached hydrogens (primary N) is 1. The molecule has 9 heteroatoms. The van der Waals surface area contributed by atoms with E-state index in [2.05, 4.69) is 55.6 Å². The minimum atomic E-state index is -4.33. The van der Waals surface area contributed by atoms with Gasteiger partial charge in [0.25, 0.3) is 0 Å². The minimum Gasteiger partial charge on any atom is -0.387 e. The van der Waals surface area contributed by atoms with Crippen molar-refractivity contribution in [3.8, 4) is 0 Å². The van der Waals surface area contributed by atoms with E-state index in [4.69, 9.17) is 14.8 Å². The number of aliphatic hydroxyl groups excluding tert-OH is 1. The Bertz CT molecular complexity index is 815. The number of carbonyl (C=O) groups excluding carboxylic acids is 1. The fraction of sp³-hybridized carbons (Fsp3) is 0.735. The largest absolute Gasteiger partial charge is 0.472 e. The predicted octanol–water partition coefficient (Wildman–Crippen LogP) is 8.21. The summed E-state index contributed by atoms with van der Waals surface area (Å²) < 4.78 is 21.9. The lowest BCUT2D eigenvalue weighted by Crippen LogP contribution is -2.45. The third kappa shape index (κ3) is 29.0. The average molecular weight is 627 g/mol. The molecule has 3 atom stereocenters. The molecule has 0 aliphatic rings. The molecular formula is C34H63N2O6P. The number of nitrogens with one attached hydrogen (secondary N) is 1. The van der Waals surface area contributed by atoms with Gasteiger partial charge in [-0.2, -0.15) is 0 Å². The van der Waals surface area contributed by atoms with E-state index in [0.717, 1.165) is 64.2 Å². The highest BCUT2D eigenvalue weighted by molar-refractivity contribution is 7.47. The van der Waals surface area contributed by atoms with Crippen molar-refractivity contribution in [2.75, 3.05) is 19.8 Å². The Kier molecular flexibility index (Phi) is 29.4. The summed E-state index contributed by atoms with van der Waals surface area (Å²) in [6.45, 7) is 3.97. The standard InChI is InChI=1S/C34H63N2O6P/c1-3-5-7-9-11-13-14-15-16-17-18-19-20-22-24-26-28-34(38)36-32(31-42-43(39,40)41-30-29-35)33(37)27-25-23-21-12-10-8-6-4-2/h10,12-14,16-17,25,27,32-33,37H,3-9,11,15,18-24,26,28-31,35H2,1-2H3,(H,36,38)(H,39,40)/b12-10+,14-13-,17-16-,27-25+. The first-order chi connectivity index (χ1) is 20.9. The van der Waals surface area contributed by atoms with Gasteiger partial charge in [0.05, 0.1) is 25.4 Å². The molecule has 0 rings (SSSR count). The smallest absolute Gasteiger partial charge is 0.387 e. The summed E-state index contributed by atoms with van der Waals surface area (Å²) in [5, 5.41) is 13.4. The van der Waals surface area contributed by atoms with Gasteiger partial charge in [-0.15, -0.1) is 0 Å². The van der Waals surface area contributed by atoms with Gasteiger partial charge in [-0.25, -0.2) is 4.57 Å². The molecule has 0 aliphatic carbocycles. The summed E-state index contributed by atoms with van der Waals surface area (Å²) in [6, 6.07) is -0.881. The van der Waals surface area contributed by atoms with E-state index < -0.39 is 20.0 Å². The number of phosphoric ester groups is 1. The summed E-state index contributed by atoms with van der Waals surface area (Å²) in [4.78, 5) is 22.4. The van der Waals surface area contributed by atoms with E-state index >= 15 is 0 Å². The molecule has 0 aromatic heterocycles. The minimum absolute atomic E-state index is 0.0694. The molecule has 43 heavy (non-hydrogen) atoms. The van der Waals surface area contributed by atoms with Crippen LogP contribution in [0.15, 0.2) is 48.6 Å². The second kappa shape index (κ2) is 30.5. The van der Waals surface area contributed by atoms with Gasteiger partial charge in [-0.05, 0) is 57.8 Å². The summed E-state index contributed by atoms with van der Waals surface area (Å²) in [6.07, 6.45) is 34.6. The third-order valence-electron chi connectivity index (χ3n) is 6.88. The van der Waals surface area contributed by atoms with Gasteiger partial charge in [-0.1, -0.05) is 114 Å². The van der Waals surface area contributed by atoms with Crippen LogP contribution in [0, 0.1) is 0 Å². The Morgan fingerprint density at radius 1 is 0.767 bits per heavy atom. The van der Waals surface area contributed by atoms with Gasteiger partial charge in [0, 0.05) is 13.0 Å². The van der Waals surface area contributed by atoms with Crippen LogP contribution in [-0.4, -0.2) is 47.8 Å². The fourth-order valence-corrected chi connectivity index (χ4v) is 5.04. The lowest BCUT2D eigenvalue weighted by atomic mass is 10.1. The van der Waals surface area contributed by atoms with Crippen molar-refractivity contribution in [2.45, 2.75) is 142 Å². The van der Waals surface area contributed by atoms with E-state index in [-0.39, 0.29) is 25.7 Å². The van der Waals surface area contributed by atoms with Crippen molar-refractivity contribution in [3.63, 3.8) is 0 Å². The number of hydrogen-bond donors (Lipinski definition) is 4. The lowest BCUT2D eigenvalue weighted by molar-refractivity contribution is -0.123. The quantitative estimate of drug-likeness (QED) is 0.0359. The van der Waals surface area contributed by atoms with E-state index in [1.54, 1.807) is 6.08 Å². The Morgan fingerprint density at radius 3 is 2.00 bits per heavy atom. The van der Waals surface area contributed by atoms with E-state index in [1.165, 1.54) is 44.9 Å². The van der Waals surface area contributed by atoms with Crippen molar-refractivity contribution in [1.82, 2.24) is 5.32 Å².